The van der Waals surface area contributed by atoms with E-state index in [2.05, 4.69) is 68.1 Å². The van der Waals surface area contributed by atoms with E-state index in [1.165, 1.54) is 308 Å². The molecule has 0 fully saturated rings. The standard InChI is InChI=1S/C84H158N8O4/c1-5-9-13-17-21-25-29-33-37-41-45-49-55-61-67-91(68-62-56-50-46-42-38-34-30-26-22-18-14-10-6-2)83(95)79(71-77-73-85-75-87-77)89-81(93)65-59-53-54-60-66-82(94)90-80(72-78-74-86-76-88-78)84(96)92(69-63-57-51-47-43-39-35-31-27-23-19-15-11-7-3)70-64-58-52-48-44-40-36-32-28-24-20-16-12-8-4/h73-76,79-80H,5-72H2,1-4H3,(H,85,87)(H,86,88)(H,89,93)(H,90,94)/t79-,80-/m0/s1. The fourth-order valence-electron chi connectivity index (χ4n) is 14.2. The molecule has 12 nitrogen and oxygen atoms in total. The number of H-pyrrole nitrogens is 2. The fourth-order valence-corrected chi connectivity index (χ4v) is 14.2. The number of nitrogens with zero attached hydrogens (tertiary/aromatic N) is 4. The summed E-state index contributed by atoms with van der Waals surface area (Å²) in [4.78, 5) is 76.0. The second-order valence-electron chi connectivity index (χ2n) is 29.8. The van der Waals surface area contributed by atoms with Gasteiger partial charge in [-0.2, -0.15) is 0 Å². The lowest BCUT2D eigenvalue weighted by Gasteiger charge is -2.28. The molecular formula is C84H158N8O4. The Hall–Kier alpha value is -3.70. The van der Waals surface area contributed by atoms with Gasteiger partial charge in [0.05, 0.1) is 12.7 Å². The summed E-state index contributed by atoms with van der Waals surface area (Å²) in [5, 5.41) is 6.39. The summed E-state index contributed by atoms with van der Waals surface area (Å²) in [6.07, 6.45) is 84.1. The van der Waals surface area contributed by atoms with E-state index in [9.17, 15) is 19.2 Å². The average Bonchev–Trinajstić information content (AvgIpc) is 2.14. The molecule has 0 unspecified atom stereocenters. The molecule has 0 bridgehead atoms. The zero-order valence-corrected chi connectivity index (χ0v) is 64.0. The molecular weight excluding hydrogens is 1180 g/mol. The predicted molar refractivity (Wildman–Crippen MR) is 411 cm³/mol. The van der Waals surface area contributed by atoms with E-state index in [0.29, 0.717) is 38.5 Å². The van der Waals surface area contributed by atoms with Crippen LogP contribution in [-0.2, 0) is 32.0 Å². The summed E-state index contributed by atoms with van der Waals surface area (Å²) in [6.45, 7) is 12.1. The number of hydrogen-bond acceptors (Lipinski definition) is 6. The third-order valence-corrected chi connectivity index (χ3v) is 20.5. The summed E-state index contributed by atoms with van der Waals surface area (Å²) in [5.74, 6) is -0.173. The molecule has 0 aliphatic carbocycles. The first-order chi connectivity index (χ1) is 47.3. The third-order valence-electron chi connectivity index (χ3n) is 20.5. The Morgan fingerprint density at radius 1 is 0.292 bits per heavy atom. The van der Waals surface area contributed by atoms with Crippen LogP contribution < -0.4 is 10.6 Å². The van der Waals surface area contributed by atoms with Gasteiger partial charge in [-0.1, -0.05) is 374 Å². The highest BCUT2D eigenvalue weighted by atomic mass is 16.2. The Labute approximate surface area is 593 Å². The monoisotopic (exact) mass is 1340 g/mol. The topological polar surface area (TPSA) is 156 Å². The molecule has 2 atom stereocenters. The normalized spacial score (nSPS) is 12.2. The van der Waals surface area contributed by atoms with Gasteiger partial charge in [0.1, 0.15) is 12.1 Å². The molecule has 558 valence electrons. The first-order valence-electron chi connectivity index (χ1n) is 42.4. The van der Waals surface area contributed by atoms with E-state index >= 15 is 0 Å². The molecule has 2 aromatic rings. The molecule has 2 rings (SSSR count). The van der Waals surface area contributed by atoms with Crippen LogP contribution in [0.15, 0.2) is 25.0 Å². The number of aromatic amines is 2. The summed E-state index contributed by atoms with van der Waals surface area (Å²) in [6, 6.07) is -1.32. The second kappa shape index (κ2) is 68.4. The highest BCUT2D eigenvalue weighted by Gasteiger charge is 2.28. The summed E-state index contributed by atoms with van der Waals surface area (Å²) in [7, 11) is 0. The van der Waals surface area contributed by atoms with E-state index in [4.69, 9.17) is 0 Å². The number of carbonyl (C=O) groups excluding carboxylic acids is 4. The summed E-state index contributed by atoms with van der Waals surface area (Å²) in [5.41, 5.74) is 1.69. The summed E-state index contributed by atoms with van der Waals surface area (Å²) >= 11 is 0. The van der Waals surface area contributed by atoms with Crippen molar-refractivity contribution in [2.24, 2.45) is 0 Å². The van der Waals surface area contributed by atoms with Gasteiger partial charge in [0.25, 0.3) is 0 Å². The van der Waals surface area contributed by atoms with Crippen LogP contribution >= 0.6 is 0 Å². The maximum absolute atomic E-state index is 14.7. The maximum atomic E-state index is 14.7. The minimum absolute atomic E-state index is 0.0189. The van der Waals surface area contributed by atoms with Crippen molar-refractivity contribution >= 4 is 23.6 Å². The van der Waals surface area contributed by atoms with Crippen molar-refractivity contribution in [2.75, 3.05) is 26.2 Å². The molecule has 0 aliphatic heterocycles. The predicted octanol–water partition coefficient (Wildman–Crippen LogP) is 23.8. The van der Waals surface area contributed by atoms with Gasteiger partial charge in [0, 0.05) is 75.6 Å². The minimum Gasteiger partial charge on any atom is -0.348 e. The van der Waals surface area contributed by atoms with Gasteiger partial charge in [-0.15, -0.1) is 0 Å². The number of hydrogen-bond donors (Lipinski definition) is 4. The smallest absolute Gasteiger partial charge is 0.245 e. The molecule has 96 heavy (non-hydrogen) atoms. The van der Waals surface area contributed by atoms with Crippen LogP contribution in [0.2, 0.25) is 0 Å². The lowest BCUT2D eigenvalue weighted by Crippen LogP contribution is -2.50. The Morgan fingerprint density at radius 2 is 0.479 bits per heavy atom. The zero-order chi connectivity index (χ0) is 68.9. The fraction of sp³-hybridized carbons (Fsp3) is 0.881. The molecule has 0 aromatic carbocycles. The van der Waals surface area contributed by atoms with Gasteiger partial charge in [-0.05, 0) is 38.5 Å². The first kappa shape index (κ1) is 88.4. The van der Waals surface area contributed by atoms with E-state index in [1.54, 1.807) is 25.0 Å². The number of amides is 4. The average molecular weight is 1340 g/mol. The van der Waals surface area contributed by atoms with Crippen LogP contribution in [0.3, 0.4) is 0 Å². The van der Waals surface area contributed by atoms with Gasteiger partial charge in [0.2, 0.25) is 23.6 Å². The van der Waals surface area contributed by atoms with E-state index in [-0.39, 0.29) is 23.6 Å². The highest BCUT2D eigenvalue weighted by Crippen LogP contribution is 2.20. The van der Waals surface area contributed by atoms with Crippen LogP contribution in [-0.4, -0.2) is 91.6 Å². The van der Waals surface area contributed by atoms with Crippen LogP contribution in [0.5, 0.6) is 0 Å². The van der Waals surface area contributed by atoms with E-state index < -0.39 is 12.1 Å². The molecule has 4 N–H and O–H groups in total. The number of nitrogens with one attached hydrogen (secondary N) is 4. The number of carbonyl (C=O) groups is 4. The SMILES string of the molecule is CCCCCCCCCCCCCCCCN(CCCCCCCCCCCCCCCC)C(=O)[C@H](Cc1cnc[nH]1)NC(=O)CCCCCCC(=O)N[C@@H](Cc1cnc[nH]1)C(=O)N(CCCCCCCCCCCCCCCC)CCCCCCCCCCCCCCCC. The highest BCUT2D eigenvalue weighted by molar-refractivity contribution is 5.88. The van der Waals surface area contributed by atoms with Crippen molar-refractivity contribution in [1.29, 1.82) is 0 Å². The molecule has 0 saturated carbocycles. The molecule has 4 amide bonds. The number of imidazole rings is 2. The van der Waals surface area contributed by atoms with Crippen molar-refractivity contribution in [3.05, 3.63) is 36.4 Å². The van der Waals surface area contributed by atoms with Crippen LogP contribution in [0.1, 0.15) is 437 Å². The molecule has 0 spiro atoms. The lowest BCUT2D eigenvalue weighted by atomic mass is 10.0. The van der Waals surface area contributed by atoms with Gasteiger partial charge in [-0.3, -0.25) is 19.2 Å². The Morgan fingerprint density at radius 3 is 0.667 bits per heavy atom. The van der Waals surface area contributed by atoms with Crippen molar-refractivity contribution in [3.63, 3.8) is 0 Å². The van der Waals surface area contributed by atoms with Crippen LogP contribution in [0.4, 0.5) is 0 Å². The Bertz CT molecular complexity index is 1760. The Balaban J connectivity index is 1.95. The third kappa shape index (κ3) is 54.2. The first-order valence-corrected chi connectivity index (χ1v) is 42.4. The van der Waals surface area contributed by atoms with E-state index in [1.807, 2.05) is 0 Å². The van der Waals surface area contributed by atoms with E-state index in [0.717, 1.165) is 102 Å². The van der Waals surface area contributed by atoms with Crippen LogP contribution in [0, 0.1) is 0 Å². The van der Waals surface area contributed by atoms with Crippen molar-refractivity contribution < 1.29 is 19.2 Å². The Kier molecular flexibility index (Phi) is 63.0. The lowest BCUT2D eigenvalue weighted by molar-refractivity contribution is -0.136. The largest absolute Gasteiger partial charge is 0.348 e. The van der Waals surface area contributed by atoms with Gasteiger partial charge in [0.15, 0.2) is 0 Å². The van der Waals surface area contributed by atoms with Crippen molar-refractivity contribution in [1.82, 2.24) is 40.4 Å². The maximum Gasteiger partial charge on any atom is 0.245 e. The summed E-state index contributed by atoms with van der Waals surface area (Å²) < 4.78 is 0. The van der Waals surface area contributed by atoms with Crippen LogP contribution in [0.25, 0.3) is 0 Å². The molecule has 2 aromatic heterocycles. The molecule has 12 heteroatoms. The van der Waals surface area contributed by atoms with Crippen molar-refractivity contribution in [2.45, 2.75) is 451 Å². The number of rotatable bonds is 75. The van der Waals surface area contributed by atoms with Gasteiger partial charge < -0.3 is 30.4 Å². The number of unbranched alkanes of at least 4 members (excludes halogenated alkanes) is 55. The molecule has 2 heterocycles. The van der Waals surface area contributed by atoms with Gasteiger partial charge >= 0.3 is 0 Å². The van der Waals surface area contributed by atoms with Gasteiger partial charge in [-0.25, -0.2) is 9.97 Å². The molecule has 0 radical (unpaired) electrons. The second-order valence-corrected chi connectivity index (χ2v) is 29.8. The molecule has 0 aliphatic rings. The zero-order valence-electron chi connectivity index (χ0n) is 64.0. The molecule has 0 saturated heterocycles. The quantitative estimate of drug-likeness (QED) is 0.0483. The minimum atomic E-state index is -0.660. The van der Waals surface area contributed by atoms with Crippen molar-refractivity contribution in [3.8, 4) is 0 Å². The number of aromatic nitrogens is 4.